The average Bonchev–Trinajstić information content (AvgIpc) is 2.88. The predicted octanol–water partition coefficient (Wildman–Crippen LogP) is 5.17. The summed E-state index contributed by atoms with van der Waals surface area (Å²) in [5.74, 6) is -0.290. The number of carbonyl (C=O) groups excluding carboxylic acids is 2. The van der Waals surface area contributed by atoms with Gasteiger partial charge in [0.2, 0.25) is 0 Å². The number of nitrogens with one attached hydrogen (secondary N) is 2. The molecule has 0 aliphatic rings. The van der Waals surface area contributed by atoms with Crippen LogP contribution in [0.4, 0.5) is 15.8 Å². The molecule has 0 heterocycles. The van der Waals surface area contributed by atoms with Gasteiger partial charge in [0.15, 0.2) is 18.1 Å². The minimum absolute atomic E-state index is 0.132. The van der Waals surface area contributed by atoms with Crippen molar-refractivity contribution < 1.29 is 28.2 Å². The summed E-state index contributed by atoms with van der Waals surface area (Å²) in [5, 5.41) is 14.8. The molecule has 0 saturated carbocycles. The van der Waals surface area contributed by atoms with Crippen LogP contribution >= 0.6 is 15.9 Å². The van der Waals surface area contributed by atoms with E-state index in [9.17, 15) is 19.2 Å². The van der Waals surface area contributed by atoms with E-state index < -0.39 is 17.6 Å². The Hall–Kier alpha value is -4.36. The molecule has 2 amide bonds. The number of rotatable bonds is 9. The maximum atomic E-state index is 13.0. The first-order valence-electron chi connectivity index (χ1n) is 10.5. The second-order valence-electron chi connectivity index (χ2n) is 7.23. The quantitative estimate of drug-likeness (QED) is 0.279. The Labute approximate surface area is 215 Å². The molecule has 2 N–H and O–H groups in total. The van der Waals surface area contributed by atoms with Gasteiger partial charge in [0.05, 0.1) is 18.7 Å². The molecular weight excluding hydrogens is 533 g/mol. The van der Waals surface area contributed by atoms with Crippen molar-refractivity contribution in [3.63, 3.8) is 0 Å². The molecule has 10 heteroatoms. The van der Waals surface area contributed by atoms with Crippen LogP contribution in [0.3, 0.4) is 0 Å². The topological polar surface area (TPSA) is 110 Å². The van der Waals surface area contributed by atoms with Crippen molar-refractivity contribution in [3.05, 3.63) is 82.1 Å². The number of nitrogens with zero attached hydrogens (tertiary/aromatic N) is 1. The molecule has 0 bridgehead atoms. The molecular formula is C26H21BrFN3O5. The Morgan fingerprint density at radius 3 is 2.25 bits per heavy atom. The Morgan fingerprint density at radius 2 is 1.64 bits per heavy atom. The first-order valence-corrected chi connectivity index (χ1v) is 11.2. The SMILES string of the molecule is COc1ccc(NC(=O)/C(C#N)=C\c2cc(Br)c(OCC(=O)Nc3ccc(F)cc3)c(OC)c2)cc1. The highest BCUT2D eigenvalue weighted by atomic mass is 79.9. The molecule has 3 rings (SSSR count). The molecule has 3 aromatic rings. The molecule has 0 saturated heterocycles. The van der Waals surface area contributed by atoms with Crippen molar-refractivity contribution in [2.24, 2.45) is 0 Å². The lowest BCUT2D eigenvalue weighted by molar-refractivity contribution is -0.118. The van der Waals surface area contributed by atoms with E-state index in [-0.39, 0.29) is 23.7 Å². The smallest absolute Gasteiger partial charge is 0.266 e. The number of nitriles is 1. The van der Waals surface area contributed by atoms with Gasteiger partial charge in [0.1, 0.15) is 23.2 Å². The largest absolute Gasteiger partial charge is 0.497 e. The zero-order valence-corrected chi connectivity index (χ0v) is 20.9. The predicted molar refractivity (Wildman–Crippen MR) is 136 cm³/mol. The van der Waals surface area contributed by atoms with Crippen LogP contribution in [-0.4, -0.2) is 32.6 Å². The van der Waals surface area contributed by atoms with E-state index in [1.165, 1.54) is 44.6 Å². The third-order valence-electron chi connectivity index (χ3n) is 4.75. The summed E-state index contributed by atoms with van der Waals surface area (Å²) < 4.78 is 29.5. The van der Waals surface area contributed by atoms with Crippen LogP contribution in [0.1, 0.15) is 5.56 Å². The van der Waals surface area contributed by atoms with Crippen LogP contribution in [-0.2, 0) is 9.59 Å². The monoisotopic (exact) mass is 553 g/mol. The first-order chi connectivity index (χ1) is 17.3. The molecule has 0 radical (unpaired) electrons. The van der Waals surface area contributed by atoms with Gasteiger partial charge in [-0.3, -0.25) is 9.59 Å². The van der Waals surface area contributed by atoms with Gasteiger partial charge in [-0.25, -0.2) is 4.39 Å². The van der Waals surface area contributed by atoms with Crippen molar-refractivity contribution in [2.75, 3.05) is 31.5 Å². The minimum atomic E-state index is -0.587. The number of carbonyl (C=O) groups is 2. The summed E-state index contributed by atoms with van der Waals surface area (Å²) in [5.41, 5.74) is 1.28. The molecule has 3 aromatic carbocycles. The zero-order chi connectivity index (χ0) is 26.1. The second kappa shape index (κ2) is 12.4. The highest BCUT2D eigenvalue weighted by Crippen LogP contribution is 2.37. The maximum absolute atomic E-state index is 13.0. The molecule has 8 nitrogen and oxygen atoms in total. The van der Waals surface area contributed by atoms with E-state index in [1.54, 1.807) is 36.4 Å². The van der Waals surface area contributed by atoms with Crippen LogP contribution in [0.2, 0.25) is 0 Å². The van der Waals surface area contributed by atoms with Crippen LogP contribution in [0.25, 0.3) is 6.08 Å². The number of methoxy groups -OCH3 is 2. The molecule has 0 spiro atoms. The molecule has 0 aliphatic heterocycles. The fraction of sp³-hybridized carbons (Fsp3) is 0.115. The van der Waals surface area contributed by atoms with Gasteiger partial charge in [-0.15, -0.1) is 0 Å². The number of halogens is 2. The normalized spacial score (nSPS) is 10.7. The number of benzene rings is 3. The van der Waals surface area contributed by atoms with Crippen molar-refractivity contribution >= 4 is 45.2 Å². The van der Waals surface area contributed by atoms with Gasteiger partial charge in [0, 0.05) is 11.4 Å². The van der Waals surface area contributed by atoms with Crippen molar-refractivity contribution in [1.29, 1.82) is 5.26 Å². The summed E-state index contributed by atoms with van der Waals surface area (Å²) in [6.07, 6.45) is 1.40. The first kappa shape index (κ1) is 26.2. The standard InChI is InChI=1S/C26H21BrFN3O5/c1-34-21-9-7-20(8-10-21)31-26(33)17(14-29)11-16-12-22(27)25(23(13-16)35-2)36-15-24(32)30-19-5-3-18(28)4-6-19/h3-13H,15H2,1-2H3,(H,30,32)(H,31,33)/b17-11-. The number of hydrogen-bond acceptors (Lipinski definition) is 6. The highest BCUT2D eigenvalue weighted by Gasteiger charge is 2.15. The molecule has 0 fully saturated rings. The summed E-state index contributed by atoms with van der Waals surface area (Å²) >= 11 is 3.38. The van der Waals surface area contributed by atoms with Gasteiger partial charge in [-0.05, 0) is 88.2 Å². The molecule has 0 atom stereocenters. The number of ether oxygens (including phenoxy) is 3. The van der Waals surface area contributed by atoms with Gasteiger partial charge < -0.3 is 24.8 Å². The number of anilines is 2. The number of hydrogen-bond donors (Lipinski definition) is 2. The molecule has 184 valence electrons. The minimum Gasteiger partial charge on any atom is -0.497 e. The molecule has 36 heavy (non-hydrogen) atoms. The summed E-state index contributed by atoms with van der Waals surface area (Å²) in [7, 11) is 2.96. The Balaban J connectivity index is 1.72. The number of amides is 2. The van der Waals surface area contributed by atoms with Crippen LogP contribution < -0.4 is 24.8 Å². The third-order valence-corrected chi connectivity index (χ3v) is 5.34. The van der Waals surface area contributed by atoms with E-state index in [2.05, 4.69) is 26.6 Å². The molecule has 0 aliphatic carbocycles. The lowest BCUT2D eigenvalue weighted by Crippen LogP contribution is -2.20. The van der Waals surface area contributed by atoms with E-state index in [0.29, 0.717) is 27.2 Å². The van der Waals surface area contributed by atoms with Crippen LogP contribution in [0.15, 0.2) is 70.7 Å². The summed E-state index contributed by atoms with van der Waals surface area (Å²) in [6.45, 7) is -0.338. The van der Waals surface area contributed by atoms with Gasteiger partial charge in [0.25, 0.3) is 11.8 Å². The lowest BCUT2D eigenvalue weighted by atomic mass is 10.1. The van der Waals surface area contributed by atoms with E-state index in [1.807, 2.05) is 6.07 Å². The Morgan fingerprint density at radius 1 is 1.00 bits per heavy atom. The maximum Gasteiger partial charge on any atom is 0.266 e. The fourth-order valence-electron chi connectivity index (χ4n) is 3.02. The third kappa shape index (κ3) is 7.07. The van der Waals surface area contributed by atoms with Crippen molar-refractivity contribution in [3.8, 4) is 23.3 Å². The van der Waals surface area contributed by atoms with Crippen molar-refractivity contribution in [2.45, 2.75) is 0 Å². The van der Waals surface area contributed by atoms with Gasteiger partial charge in [-0.2, -0.15) is 5.26 Å². The molecule has 0 unspecified atom stereocenters. The summed E-state index contributed by atoms with van der Waals surface area (Å²) in [6, 6.07) is 17.1. The second-order valence-corrected chi connectivity index (χ2v) is 8.08. The summed E-state index contributed by atoms with van der Waals surface area (Å²) in [4.78, 5) is 24.8. The lowest BCUT2D eigenvalue weighted by Gasteiger charge is -2.14. The van der Waals surface area contributed by atoms with Gasteiger partial charge in [-0.1, -0.05) is 0 Å². The molecule has 0 aromatic heterocycles. The Bertz CT molecular complexity index is 1320. The van der Waals surface area contributed by atoms with Crippen molar-refractivity contribution in [1.82, 2.24) is 0 Å². The highest BCUT2D eigenvalue weighted by molar-refractivity contribution is 9.10. The van der Waals surface area contributed by atoms with Crippen LogP contribution in [0, 0.1) is 17.1 Å². The van der Waals surface area contributed by atoms with E-state index in [0.717, 1.165) is 0 Å². The van der Waals surface area contributed by atoms with E-state index in [4.69, 9.17) is 14.2 Å². The van der Waals surface area contributed by atoms with E-state index >= 15 is 0 Å². The fourth-order valence-corrected chi connectivity index (χ4v) is 3.59. The van der Waals surface area contributed by atoms with Crippen LogP contribution in [0.5, 0.6) is 17.2 Å². The average molecular weight is 554 g/mol. The van der Waals surface area contributed by atoms with Gasteiger partial charge >= 0.3 is 0 Å². The Kier molecular flexibility index (Phi) is 9.02. The zero-order valence-electron chi connectivity index (χ0n) is 19.3.